The monoisotopic (exact) mass is 280 g/mol. The molecule has 2 N–H and O–H groups in total. The Morgan fingerprint density at radius 2 is 2.21 bits per heavy atom. The fourth-order valence-corrected chi connectivity index (χ4v) is 3.61. The molecule has 1 saturated heterocycles. The van der Waals surface area contributed by atoms with Crippen molar-refractivity contribution in [2.45, 2.75) is 31.9 Å². The van der Waals surface area contributed by atoms with Gasteiger partial charge >= 0.3 is 0 Å². The summed E-state index contributed by atoms with van der Waals surface area (Å²) in [6, 6.07) is 6.61. The van der Waals surface area contributed by atoms with E-state index in [-0.39, 0.29) is 23.9 Å². The third-order valence-corrected chi connectivity index (χ3v) is 4.90. The number of aliphatic hydroxyl groups is 1. The van der Waals surface area contributed by atoms with Gasteiger partial charge in [-0.15, -0.1) is 12.4 Å². The summed E-state index contributed by atoms with van der Waals surface area (Å²) in [7, 11) is 0. The van der Waals surface area contributed by atoms with Gasteiger partial charge in [0.25, 0.3) is 0 Å². The third-order valence-electron chi connectivity index (χ3n) is 4.90. The third kappa shape index (κ3) is 2.14. The number of para-hydroxylation sites is 1. The van der Waals surface area contributed by atoms with Crippen LogP contribution < -0.4 is 5.32 Å². The van der Waals surface area contributed by atoms with Gasteiger partial charge in [0.1, 0.15) is 0 Å². The van der Waals surface area contributed by atoms with E-state index in [1.165, 1.54) is 29.7 Å². The van der Waals surface area contributed by atoms with Crippen molar-refractivity contribution in [3.63, 3.8) is 0 Å². The standard InChI is InChI=1S/C15H20N2O.ClH/c18-13-9-17(10-15(13)5-6-15)8-12-3-1-2-11-4-7-16-14(11)12;/h1-3,13,16,18H,4-10H2;1H. The van der Waals surface area contributed by atoms with Crippen LogP contribution in [0.2, 0.25) is 0 Å². The molecule has 2 heterocycles. The van der Waals surface area contributed by atoms with Crippen LogP contribution in [0.25, 0.3) is 0 Å². The summed E-state index contributed by atoms with van der Waals surface area (Å²) in [5.41, 5.74) is 4.47. The number of nitrogens with zero attached hydrogens (tertiary/aromatic N) is 1. The highest BCUT2D eigenvalue weighted by atomic mass is 35.5. The van der Waals surface area contributed by atoms with E-state index < -0.39 is 0 Å². The molecule has 1 aromatic carbocycles. The molecule has 2 fully saturated rings. The summed E-state index contributed by atoms with van der Waals surface area (Å²) in [5.74, 6) is 0. The summed E-state index contributed by atoms with van der Waals surface area (Å²) < 4.78 is 0. The van der Waals surface area contributed by atoms with E-state index in [1.807, 2.05) is 0 Å². The topological polar surface area (TPSA) is 35.5 Å². The number of likely N-dealkylation sites (tertiary alicyclic amines) is 1. The Morgan fingerprint density at radius 1 is 1.37 bits per heavy atom. The Labute approximate surface area is 120 Å². The molecule has 3 aliphatic rings. The van der Waals surface area contributed by atoms with E-state index in [1.54, 1.807) is 0 Å². The molecular formula is C15H21ClN2O. The van der Waals surface area contributed by atoms with Gasteiger partial charge in [0, 0.05) is 37.3 Å². The molecule has 104 valence electrons. The van der Waals surface area contributed by atoms with Gasteiger partial charge in [-0.1, -0.05) is 18.2 Å². The van der Waals surface area contributed by atoms with E-state index in [2.05, 4.69) is 28.4 Å². The van der Waals surface area contributed by atoms with Gasteiger partial charge in [-0.05, 0) is 30.4 Å². The number of hydrogen-bond acceptors (Lipinski definition) is 3. The van der Waals surface area contributed by atoms with Gasteiger partial charge in [-0.2, -0.15) is 0 Å². The number of halogens is 1. The lowest BCUT2D eigenvalue weighted by Crippen LogP contribution is -2.21. The number of benzene rings is 1. The van der Waals surface area contributed by atoms with Crippen molar-refractivity contribution in [1.29, 1.82) is 0 Å². The number of β-amino-alcohol motifs (C(OH)–C–C–N with tert-alkyl or cyclic N) is 1. The SMILES string of the molecule is Cl.OC1CN(Cc2cccc3c2NCC3)CC12CC2. The highest BCUT2D eigenvalue weighted by Crippen LogP contribution is 2.53. The average Bonchev–Trinajstić information content (AvgIpc) is 2.84. The fraction of sp³-hybridized carbons (Fsp3) is 0.600. The largest absolute Gasteiger partial charge is 0.391 e. The van der Waals surface area contributed by atoms with Crippen molar-refractivity contribution in [3.8, 4) is 0 Å². The summed E-state index contributed by atoms with van der Waals surface area (Å²) in [6.07, 6.45) is 3.49. The second kappa shape index (κ2) is 4.65. The van der Waals surface area contributed by atoms with Gasteiger partial charge in [0.2, 0.25) is 0 Å². The maximum Gasteiger partial charge on any atom is 0.0735 e. The van der Waals surface area contributed by atoms with Crippen molar-refractivity contribution >= 4 is 18.1 Å². The first-order chi connectivity index (χ1) is 8.77. The van der Waals surface area contributed by atoms with Crippen LogP contribution in [0.4, 0.5) is 5.69 Å². The Kier molecular flexibility index (Phi) is 3.24. The molecule has 4 rings (SSSR count). The molecule has 3 nitrogen and oxygen atoms in total. The molecule has 0 aromatic heterocycles. The zero-order chi connectivity index (χ0) is 12.2. The second-order valence-electron chi connectivity index (χ2n) is 6.18. The van der Waals surface area contributed by atoms with Crippen molar-refractivity contribution in [3.05, 3.63) is 29.3 Å². The smallest absolute Gasteiger partial charge is 0.0735 e. The van der Waals surface area contributed by atoms with E-state index in [0.717, 1.165) is 32.6 Å². The number of hydrogen-bond donors (Lipinski definition) is 2. The van der Waals surface area contributed by atoms with Crippen LogP contribution in [0.1, 0.15) is 24.0 Å². The minimum absolute atomic E-state index is 0. The first kappa shape index (κ1) is 13.2. The molecule has 1 unspecified atom stereocenters. The molecule has 1 saturated carbocycles. The highest BCUT2D eigenvalue weighted by molar-refractivity contribution is 5.85. The first-order valence-electron chi connectivity index (χ1n) is 7.02. The number of rotatable bonds is 2. The molecule has 1 atom stereocenters. The van der Waals surface area contributed by atoms with Crippen molar-refractivity contribution < 1.29 is 5.11 Å². The molecule has 1 aromatic rings. The van der Waals surface area contributed by atoms with Crippen LogP contribution in [0, 0.1) is 5.41 Å². The van der Waals surface area contributed by atoms with Gasteiger partial charge < -0.3 is 10.4 Å². The van der Waals surface area contributed by atoms with E-state index in [0.29, 0.717) is 0 Å². The summed E-state index contributed by atoms with van der Waals surface area (Å²) in [4.78, 5) is 2.42. The highest BCUT2D eigenvalue weighted by Gasteiger charge is 2.54. The van der Waals surface area contributed by atoms with Crippen molar-refractivity contribution in [1.82, 2.24) is 4.90 Å². The molecular weight excluding hydrogens is 260 g/mol. The zero-order valence-corrected chi connectivity index (χ0v) is 11.9. The predicted molar refractivity (Wildman–Crippen MR) is 78.8 cm³/mol. The Balaban J connectivity index is 0.00000110. The average molecular weight is 281 g/mol. The minimum atomic E-state index is -0.0952. The number of fused-ring (bicyclic) bond motifs is 1. The predicted octanol–water partition coefficient (Wildman–Crippen LogP) is 2.03. The van der Waals surface area contributed by atoms with E-state index in [9.17, 15) is 5.11 Å². The number of anilines is 1. The summed E-state index contributed by atoms with van der Waals surface area (Å²) >= 11 is 0. The lowest BCUT2D eigenvalue weighted by molar-refractivity contribution is 0.131. The van der Waals surface area contributed by atoms with Crippen LogP contribution in [0.3, 0.4) is 0 Å². The second-order valence-corrected chi connectivity index (χ2v) is 6.18. The van der Waals surface area contributed by atoms with E-state index >= 15 is 0 Å². The van der Waals surface area contributed by atoms with Crippen LogP contribution in [0.5, 0.6) is 0 Å². The van der Waals surface area contributed by atoms with Gasteiger partial charge in [0.15, 0.2) is 0 Å². The maximum atomic E-state index is 10.1. The van der Waals surface area contributed by atoms with Crippen LogP contribution in [-0.2, 0) is 13.0 Å². The van der Waals surface area contributed by atoms with Crippen molar-refractivity contribution in [2.75, 3.05) is 25.0 Å². The van der Waals surface area contributed by atoms with Gasteiger partial charge in [-0.3, -0.25) is 4.90 Å². The quantitative estimate of drug-likeness (QED) is 0.870. The normalized spacial score (nSPS) is 26.9. The molecule has 4 heteroatoms. The Morgan fingerprint density at radius 3 is 2.95 bits per heavy atom. The Hall–Kier alpha value is -0.770. The summed E-state index contributed by atoms with van der Waals surface area (Å²) in [5, 5.41) is 13.6. The molecule has 1 aliphatic carbocycles. The lowest BCUT2D eigenvalue weighted by Gasteiger charge is -2.17. The minimum Gasteiger partial charge on any atom is -0.391 e. The van der Waals surface area contributed by atoms with Gasteiger partial charge in [0.05, 0.1) is 6.10 Å². The molecule has 0 radical (unpaired) electrons. The van der Waals surface area contributed by atoms with Gasteiger partial charge in [-0.25, -0.2) is 0 Å². The van der Waals surface area contributed by atoms with Crippen LogP contribution >= 0.6 is 12.4 Å². The molecule has 0 amide bonds. The fourth-order valence-electron chi connectivity index (χ4n) is 3.61. The maximum absolute atomic E-state index is 10.1. The number of aliphatic hydroxyl groups excluding tert-OH is 1. The molecule has 19 heavy (non-hydrogen) atoms. The van der Waals surface area contributed by atoms with Crippen LogP contribution in [-0.4, -0.2) is 35.7 Å². The first-order valence-corrected chi connectivity index (χ1v) is 7.02. The van der Waals surface area contributed by atoms with E-state index in [4.69, 9.17) is 0 Å². The zero-order valence-electron chi connectivity index (χ0n) is 11.1. The molecule has 0 bridgehead atoms. The summed E-state index contributed by atoms with van der Waals surface area (Å²) in [6.45, 7) is 3.98. The Bertz CT molecular complexity index is 487. The number of nitrogens with one attached hydrogen (secondary N) is 1. The van der Waals surface area contributed by atoms with Crippen molar-refractivity contribution in [2.24, 2.45) is 5.41 Å². The van der Waals surface area contributed by atoms with Crippen LogP contribution in [0.15, 0.2) is 18.2 Å². The molecule has 2 aliphatic heterocycles. The molecule has 1 spiro atoms. The lowest BCUT2D eigenvalue weighted by atomic mass is 10.0.